The Morgan fingerprint density at radius 2 is 1.27 bits per heavy atom. The maximum absolute atomic E-state index is 12.0. The third-order valence-electron chi connectivity index (χ3n) is 6.21. The normalized spacial score (nSPS) is 16.4. The number of anilines is 2. The highest BCUT2D eigenvalue weighted by Gasteiger charge is 2.24. The van der Waals surface area contributed by atoms with Gasteiger partial charge in [-0.05, 0) is 44.2 Å². The molecule has 0 unspecified atom stereocenters. The molecule has 0 bridgehead atoms. The van der Waals surface area contributed by atoms with Crippen LogP contribution in [-0.2, 0) is 19.2 Å². The quantitative estimate of drug-likeness (QED) is 0.176. The van der Waals surface area contributed by atoms with Crippen molar-refractivity contribution in [3.63, 3.8) is 0 Å². The molecule has 1 saturated heterocycles. The third-order valence-corrected chi connectivity index (χ3v) is 7.34. The van der Waals surface area contributed by atoms with E-state index in [0.717, 1.165) is 35.8 Å². The van der Waals surface area contributed by atoms with Crippen molar-refractivity contribution in [1.82, 2.24) is 9.80 Å². The number of aliphatic hydroxyl groups is 1. The van der Waals surface area contributed by atoms with Crippen LogP contribution in [0.2, 0.25) is 0 Å². The van der Waals surface area contributed by atoms with Crippen molar-refractivity contribution in [1.29, 1.82) is 0 Å². The molecule has 2 aromatic rings. The summed E-state index contributed by atoms with van der Waals surface area (Å²) in [7, 11) is 0. The summed E-state index contributed by atoms with van der Waals surface area (Å²) in [4.78, 5) is 58.4. The summed E-state index contributed by atoms with van der Waals surface area (Å²) in [5.41, 5.74) is 2.89. The van der Waals surface area contributed by atoms with E-state index < -0.39 is 36.9 Å². The maximum Gasteiger partial charge on any atom is 0.328 e. The third kappa shape index (κ3) is 13.4. The molecular formula is C31H37N3O10S. The van der Waals surface area contributed by atoms with Crippen LogP contribution in [0.15, 0.2) is 76.6 Å². The van der Waals surface area contributed by atoms with E-state index in [4.69, 9.17) is 25.9 Å². The van der Waals surface area contributed by atoms with Crippen molar-refractivity contribution in [2.75, 3.05) is 57.2 Å². The predicted molar refractivity (Wildman–Crippen MR) is 167 cm³/mol. The van der Waals surface area contributed by atoms with Crippen LogP contribution in [-0.4, -0.2) is 117 Å². The fraction of sp³-hybridized carbons (Fsp3) is 0.323. The van der Waals surface area contributed by atoms with E-state index in [1.54, 1.807) is 18.7 Å². The first-order valence-corrected chi connectivity index (χ1v) is 14.3. The van der Waals surface area contributed by atoms with Gasteiger partial charge >= 0.3 is 23.9 Å². The number of carbonyl (C=O) groups excluding carboxylic acids is 1. The number of aliphatic carboxylic acids is 4. The maximum atomic E-state index is 12.0. The molecule has 2 aromatic carbocycles. The lowest BCUT2D eigenvalue weighted by Crippen LogP contribution is -2.47. The first-order valence-electron chi connectivity index (χ1n) is 15.5. The molecule has 2 heterocycles. The Bertz CT molecular complexity index is 1510. The molecule has 13 nitrogen and oxygen atoms in total. The summed E-state index contributed by atoms with van der Waals surface area (Å²) >= 11 is 1.72. The van der Waals surface area contributed by atoms with Crippen molar-refractivity contribution < 1.29 is 55.0 Å². The van der Waals surface area contributed by atoms with Gasteiger partial charge in [-0.2, -0.15) is 0 Å². The topological polar surface area (TPSA) is 196 Å². The molecule has 2 aliphatic heterocycles. The molecule has 14 heteroatoms. The van der Waals surface area contributed by atoms with Crippen molar-refractivity contribution in [3.05, 3.63) is 72.3 Å². The summed E-state index contributed by atoms with van der Waals surface area (Å²) in [5.74, 6) is -4.98. The molecule has 1 fully saturated rings. The summed E-state index contributed by atoms with van der Waals surface area (Å²) < 4.78 is 30.6. The van der Waals surface area contributed by atoms with Gasteiger partial charge in [-0.15, -0.1) is 0 Å². The second-order valence-corrected chi connectivity index (χ2v) is 10.5. The molecule has 0 spiro atoms. The Balaban J connectivity index is 0.000000432. The number of fused-ring (bicyclic) bond motifs is 2. The van der Waals surface area contributed by atoms with Crippen LogP contribution >= 0.6 is 11.8 Å². The predicted octanol–water partition coefficient (Wildman–Crippen LogP) is 2.92. The number of piperazine rings is 1. The first kappa shape index (κ1) is 30.5. The highest BCUT2D eigenvalue weighted by Crippen LogP contribution is 2.48. The van der Waals surface area contributed by atoms with E-state index >= 15 is 0 Å². The lowest BCUT2D eigenvalue weighted by atomic mass is 10.1. The molecule has 4 rings (SSSR count). The van der Waals surface area contributed by atoms with Gasteiger partial charge < -0.3 is 35.3 Å². The fourth-order valence-corrected chi connectivity index (χ4v) is 5.26. The van der Waals surface area contributed by atoms with Crippen LogP contribution in [0.5, 0.6) is 0 Å². The minimum Gasteiger partial charge on any atom is -0.478 e. The Hall–Kier alpha value is -4.50. The van der Waals surface area contributed by atoms with Gasteiger partial charge in [-0.25, -0.2) is 19.2 Å². The van der Waals surface area contributed by atoms with E-state index in [-0.39, 0.29) is 5.78 Å². The van der Waals surface area contributed by atoms with Gasteiger partial charge in [0, 0.05) is 81.6 Å². The van der Waals surface area contributed by atoms with Crippen LogP contribution < -0.4 is 4.90 Å². The molecular weight excluding hydrogens is 606 g/mol. The largest absolute Gasteiger partial charge is 0.478 e. The molecule has 5 N–H and O–H groups in total. The van der Waals surface area contributed by atoms with Gasteiger partial charge in [0.2, 0.25) is 0 Å². The number of rotatable bonds is 11. The van der Waals surface area contributed by atoms with Gasteiger partial charge in [-0.1, -0.05) is 30.0 Å². The SMILES string of the molecule is O=C(O)/C=C\C(=O)O.O=C(O)/C=C\C(=O)O.[2H]C([2H])(O)C([2H])([2H])N1CCN(CCCN2c3ccccc3Sc3ccc(C(C)=O)cc32)CC1. The number of benzene rings is 2. The average molecular weight is 648 g/mol. The van der Waals surface area contributed by atoms with Gasteiger partial charge in [0.05, 0.1) is 20.7 Å². The van der Waals surface area contributed by atoms with Gasteiger partial charge in [0.1, 0.15) is 0 Å². The number of carboxylic acid groups (broad SMARTS) is 4. The number of carbonyl (C=O) groups is 5. The summed E-state index contributed by atoms with van der Waals surface area (Å²) in [5, 5.41) is 40.8. The number of Topliss-reactive ketones (excluding diaryl/α,β-unsaturated/α-hetero) is 1. The second kappa shape index (κ2) is 19.0. The molecule has 242 valence electrons. The zero-order valence-electron chi connectivity index (χ0n) is 28.3. The number of hydrogen-bond acceptors (Lipinski definition) is 10. The molecule has 45 heavy (non-hydrogen) atoms. The van der Waals surface area contributed by atoms with E-state index in [0.29, 0.717) is 56.0 Å². The van der Waals surface area contributed by atoms with Crippen molar-refractivity contribution in [2.24, 2.45) is 0 Å². The van der Waals surface area contributed by atoms with E-state index in [1.165, 1.54) is 9.80 Å². The van der Waals surface area contributed by atoms with E-state index in [9.17, 15) is 29.1 Å². The molecule has 0 amide bonds. The fourth-order valence-electron chi connectivity index (χ4n) is 4.18. The number of ketones is 1. The van der Waals surface area contributed by atoms with Gasteiger partial charge in [-0.3, -0.25) is 9.69 Å². The zero-order valence-corrected chi connectivity index (χ0v) is 25.1. The smallest absolute Gasteiger partial charge is 0.328 e. The molecule has 0 atom stereocenters. The lowest BCUT2D eigenvalue weighted by molar-refractivity contribution is -0.134. The van der Waals surface area contributed by atoms with Crippen LogP contribution in [0, 0.1) is 0 Å². The first-order chi connectivity index (χ1) is 22.8. The lowest BCUT2D eigenvalue weighted by Gasteiger charge is -2.36. The highest BCUT2D eigenvalue weighted by atomic mass is 32.2. The number of carboxylic acids is 4. The highest BCUT2D eigenvalue weighted by molar-refractivity contribution is 7.99. The molecule has 0 saturated carbocycles. The summed E-state index contributed by atoms with van der Waals surface area (Å²) in [6.45, 7) is -0.154. The van der Waals surface area contributed by atoms with Crippen LogP contribution in [0.4, 0.5) is 11.4 Å². The Kier molecular flexibility index (Phi) is 12.9. The Morgan fingerprint density at radius 3 is 1.78 bits per heavy atom. The Labute approximate surface area is 270 Å². The van der Waals surface area contributed by atoms with Crippen molar-refractivity contribution in [2.45, 2.75) is 23.1 Å². The van der Waals surface area contributed by atoms with Crippen LogP contribution in [0.25, 0.3) is 0 Å². The molecule has 0 aliphatic carbocycles. The van der Waals surface area contributed by atoms with Crippen molar-refractivity contribution in [3.8, 4) is 0 Å². The minimum absolute atomic E-state index is 0.0478. The molecule has 2 aliphatic rings. The number of nitrogens with zero attached hydrogens (tertiary/aromatic N) is 3. The molecule has 0 radical (unpaired) electrons. The number of para-hydroxylation sites is 1. The van der Waals surface area contributed by atoms with Gasteiger partial charge in [0.15, 0.2) is 5.78 Å². The zero-order chi connectivity index (χ0) is 36.9. The van der Waals surface area contributed by atoms with Crippen LogP contribution in [0.3, 0.4) is 0 Å². The monoisotopic (exact) mass is 647 g/mol. The summed E-state index contributed by atoms with van der Waals surface area (Å²) in [6.07, 6.45) is 3.12. The van der Waals surface area contributed by atoms with Crippen molar-refractivity contribution >= 4 is 52.8 Å². The molecule has 0 aromatic heterocycles. The van der Waals surface area contributed by atoms with Gasteiger partial charge in [0.25, 0.3) is 0 Å². The van der Waals surface area contributed by atoms with Crippen LogP contribution in [0.1, 0.15) is 29.2 Å². The second-order valence-electron chi connectivity index (χ2n) is 9.39. The standard InChI is InChI=1S/C23H29N3O2S.2C4H4O4/c1-18(28)19-7-8-23-21(17-19)26(20-5-2-3-6-22(20)29-23)10-4-9-24-11-13-25(14-12-24)15-16-27;2*5-3(6)1-2-4(7)8/h2-3,5-8,17,27H,4,9-16H2,1H3;2*1-2H,(H,5,6)(H,7,8)/b;2*2-1-/i15D2,16D2;;. The van der Waals surface area contributed by atoms with E-state index in [2.05, 4.69) is 21.9 Å². The number of hydrogen-bond donors (Lipinski definition) is 5. The summed E-state index contributed by atoms with van der Waals surface area (Å²) in [6, 6.07) is 14.2. The Morgan fingerprint density at radius 1 is 0.756 bits per heavy atom. The minimum atomic E-state index is -2.90. The number of β-amino-alcohol motifs (C(OH)–C–C–N with tert-alkyl or cyclic N) is 1. The van der Waals surface area contributed by atoms with E-state index in [1.807, 2.05) is 30.3 Å². The average Bonchev–Trinajstić information content (AvgIpc) is 3.02.